The van der Waals surface area contributed by atoms with Crippen molar-refractivity contribution in [1.82, 2.24) is 9.88 Å². The maximum Gasteiger partial charge on any atom is 0.308 e. The minimum Gasteiger partial charge on any atom is -0.481 e. The van der Waals surface area contributed by atoms with Crippen molar-refractivity contribution in [3.63, 3.8) is 0 Å². The third-order valence-electron chi connectivity index (χ3n) is 4.10. The number of rotatable bonds is 4. The summed E-state index contributed by atoms with van der Waals surface area (Å²) in [6.07, 6.45) is 2.73. The summed E-state index contributed by atoms with van der Waals surface area (Å²) in [4.78, 5) is 29.2. The Morgan fingerprint density at radius 2 is 2.08 bits per heavy atom. The van der Waals surface area contributed by atoms with Crippen molar-refractivity contribution in [3.8, 4) is 11.5 Å². The lowest BCUT2D eigenvalue weighted by atomic mass is 9.98. The molecule has 0 aliphatic carbocycles. The largest absolute Gasteiger partial charge is 0.481 e. The molecule has 0 radical (unpaired) electrons. The predicted molar refractivity (Wildman–Crippen MR) is 82.5 cm³/mol. The van der Waals surface area contributed by atoms with E-state index in [-0.39, 0.29) is 24.7 Å². The molecule has 1 aliphatic rings. The third-order valence-corrected chi connectivity index (χ3v) is 4.10. The van der Waals surface area contributed by atoms with Gasteiger partial charge in [-0.1, -0.05) is 0 Å². The second-order valence-electron chi connectivity index (χ2n) is 5.84. The number of likely N-dealkylation sites (tertiary alicyclic amines) is 1. The molecule has 0 saturated carbocycles. The number of carbonyl (C=O) groups is 2. The Hall–Kier alpha value is -2.70. The van der Waals surface area contributed by atoms with E-state index in [1.165, 1.54) is 18.4 Å². The summed E-state index contributed by atoms with van der Waals surface area (Å²) in [5.41, 5.74) is 1.09. The molecule has 1 aliphatic heterocycles. The van der Waals surface area contributed by atoms with E-state index in [2.05, 4.69) is 4.98 Å². The van der Waals surface area contributed by atoms with Gasteiger partial charge in [-0.25, -0.2) is 9.37 Å². The van der Waals surface area contributed by atoms with Crippen LogP contribution < -0.4 is 0 Å². The van der Waals surface area contributed by atoms with E-state index in [4.69, 9.17) is 9.52 Å². The number of carbonyl (C=O) groups excluding carboxylic acids is 1. The zero-order valence-electron chi connectivity index (χ0n) is 12.9. The molecule has 1 aromatic carbocycles. The summed E-state index contributed by atoms with van der Waals surface area (Å²) in [6.45, 7) is 0.794. The molecule has 24 heavy (non-hydrogen) atoms. The van der Waals surface area contributed by atoms with Gasteiger partial charge in [-0.2, -0.15) is 0 Å². The highest BCUT2D eigenvalue weighted by atomic mass is 19.1. The molecular weight excluding hydrogens is 315 g/mol. The van der Waals surface area contributed by atoms with Crippen LogP contribution in [0.1, 0.15) is 18.5 Å². The van der Waals surface area contributed by atoms with Crippen LogP contribution in [-0.2, 0) is 16.0 Å². The summed E-state index contributed by atoms with van der Waals surface area (Å²) in [7, 11) is 0. The average Bonchev–Trinajstić information content (AvgIpc) is 3.04. The standard InChI is InChI=1S/C17H17FN2O4/c18-13-5-3-11(4-6-13)16-19-14(10-24-16)8-15(21)20-7-1-2-12(9-20)17(22)23/h3-6,10,12H,1-2,7-9H2,(H,22,23). The van der Waals surface area contributed by atoms with Crippen molar-refractivity contribution in [2.24, 2.45) is 5.92 Å². The van der Waals surface area contributed by atoms with Crippen molar-refractivity contribution in [3.05, 3.63) is 42.0 Å². The number of halogens is 1. The van der Waals surface area contributed by atoms with Crippen LogP contribution in [0.15, 0.2) is 34.9 Å². The fourth-order valence-corrected chi connectivity index (χ4v) is 2.79. The Morgan fingerprint density at radius 1 is 1.33 bits per heavy atom. The van der Waals surface area contributed by atoms with Gasteiger partial charge in [-0.15, -0.1) is 0 Å². The van der Waals surface area contributed by atoms with Gasteiger partial charge in [0.25, 0.3) is 0 Å². The van der Waals surface area contributed by atoms with Gasteiger partial charge < -0.3 is 14.4 Å². The summed E-state index contributed by atoms with van der Waals surface area (Å²) in [6, 6.07) is 5.72. The maximum absolute atomic E-state index is 12.9. The highest BCUT2D eigenvalue weighted by Crippen LogP contribution is 2.21. The first-order valence-corrected chi connectivity index (χ1v) is 7.74. The number of oxazole rings is 1. The Kier molecular flexibility index (Phi) is 4.59. The molecular formula is C17H17FN2O4. The van der Waals surface area contributed by atoms with Crippen molar-refractivity contribution < 1.29 is 23.5 Å². The number of carboxylic acids is 1. The first kappa shape index (κ1) is 16.2. The molecule has 1 unspecified atom stereocenters. The van der Waals surface area contributed by atoms with Crippen molar-refractivity contribution >= 4 is 11.9 Å². The van der Waals surface area contributed by atoms with Crippen LogP contribution in [0.2, 0.25) is 0 Å². The molecule has 1 saturated heterocycles. The second-order valence-corrected chi connectivity index (χ2v) is 5.84. The van der Waals surface area contributed by atoms with E-state index < -0.39 is 11.9 Å². The molecule has 3 rings (SSSR count). The Balaban J connectivity index is 1.65. The van der Waals surface area contributed by atoms with Gasteiger partial charge in [0.05, 0.1) is 18.0 Å². The number of benzene rings is 1. The molecule has 1 atom stereocenters. The average molecular weight is 332 g/mol. The lowest BCUT2D eigenvalue weighted by Crippen LogP contribution is -2.43. The number of amides is 1. The minimum absolute atomic E-state index is 0.0526. The normalized spacial score (nSPS) is 17.7. The molecule has 1 amide bonds. The lowest BCUT2D eigenvalue weighted by molar-refractivity contribution is -0.145. The van der Waals surface area contributed by atoms with Gasteiger partial charge in [-0.3, -0.25) is 9.59 Å². The maximum atomic E-state index is 12.9. The van der Waals surface area contributed by atoms with E-state index >= 15 is 0 Å². The number of carboxylic acid groups (broad SMARTS) is 1. The number of aromatic nitrogens is 1. The van der Waals surface area contributed by atoms with E-state index in [0.717, 1.165) is 0 Å². The van der Waals surface area contributed by atoms with Gasteiger partial charge in [0, 0.05) is 18.7 Å². The smallest absolute Gasteiger partial charge is 0.308 e. The number of hydrogen-bond donors (Lipinski definition) is 1. The van der Waals surface area contributed by atoms with Crippen LogP contribution in [0.5, 0.6) is 0 Å². The van der Waals surface area contributed by atoms with Gasteiger partial charge in [0.1, 0.15) is 12.1 Å². The monoisotopic (exact) mass is 332 g/mol. The molecule has 7 heteroatoms. The Labute approximate surface area is 137 Å². The first-order valence-electron chi connectivity index (χ1n) is 7.74. The Bertz CT molecular complexity index is 741. The summed E-state index contributed by atoms with van der Waals surface area (Å²) < 4.78 is 18.3. The molecule has 2 heterocycles. The highest BCUT2D eigenvalue weighted by molar-refractivity contribution is 5.79. The Morgan fingerprint density at radius 3 is 2.79 bits per heavy atom. The van der Waals surface area contributed by atoms with Gasteiger partial charge in [0.2, 0.25) is 11.8 Å². The predicted octanol–water partition coefficient (Wildman–Crippen LogP) is 2.35. The fraction of sp³-hybridized carbons (Fsp3) is 0.353. The molecule has 126 valence electrons. The molecule has 1 fully saturated rings. The number of nitrogens with zero attached hydrogens (tertiary/aromatic N) is 2. The lowest BCUT2D eigenvalue weighted by Gasteiger charge is -2.30. The molecule has 0 bridgehead atoms. The van der Waals surface area contributed by atoms with Crippen LogP contribution in [0.25, 0.3) is 11.5 Å². The zero-order chi connectivity index (χ0) is 17.1. The van der Waals surface area contributed by atoms with Crippen LogP contribution in [-0.4, -0.2) is 40.0 Å². The number of piperidine rings is 1. The van der Waals surface area contributed by atoms with E-state index in [1.807, 2.05) is 0 Å². The van der Waals surface area contributed by atoms with Crippen molar-refractivity contribution in [1.29, 1.82) is 0 Å². The third kappa shape index (κ3) is 3.61. The van der Waals surface area contributed by atoms with E-state index in [9.17, 15) is 14.0 Å². The van der Waals surface area contributed by atoms with Crippen LogP contribution in [0, 0.1) is 11.7 Å². The highest BCUT2D eigenvalue weighted by Gasteiger charge is 2.28. The minimum atomic E-state index is -0.868. The summed E-state index contributed by atoms with van der Waals surface area (Å²) in [5.74, 6) is -1.57. The van der Waals surface area contributed by atoms with Crippen LogP contribution in [0.4, 0.5) is 4.39 Å². The molecule has 2 aromatic rings. The molecule has 1 N–H and O–H groups in total. The quantitative estimate of drug-likeness (QED) is 0.929. The summed E-state index contributed by atoms with van der Waals surface area (Å²) >= 11 is 0. The van der Waals surface area contributed by atoms with Crippen molar-refractivity contribution in [2.75, 3.05) is 13.1 Å². The number of hydrogen-bond acceptors (Lipinski definition) is 4. The molecule has 1 aromatic heterocycles. The summed E-state index contributed by atoms with van der Waals surface area (Å²) in [5, 5.41) is 9.08. The van der Waals surface area contributed by atoms with Gasteiger partial charge >= 0.3 is 5.97 Å². The van der Waals surface area contributed by atoms with Gasteiger partial charge in [-0.05, 0) is 37.1 Å². The molecule has 6 nitrogen and oxygen atoms in total. The van der Waals surface area contributed by atoms with Crippen molar-refractivity contribution in [2.45, 2.75) is 19.3 Å². The van der Waals surface area contributed by atoms with Crippen LogP contribution in [0.3, 0.4) is 0 Å². The van der Waals surface area contributed by atoms with E-state index in [0.29, 0.717) is 36.5 Å². The number of aliphatic carboxylic acids is 1. The SMILES string of the molecule is O=C(O)C1CCCN(C(=O)Cc2coc(-c3ccc(F)cc3)n2)C1. The second kappa shape index (κ2) is 6.82. The van der Waals surface area contributed by atoms with Gasteiger partial charge in [0.15, 0.2) is 0 Å². The fourth-order valence-electron chi connectivity index (χ4n) is 2.79. The molecule has 0 spiro atoms. The topological polar surface area (TPSA) is 83.6 Å². The zero-order valence-corrected chi connectivity index (χ0v) is 12.9. The first-order chi connectivity index (χ1) is 11.5. The van der Waals surface area contributed by atoms with E-state index in [1.54, 1.807) is 17.0 Å². The van der Waals surface area contributed by atoms with Crippen LogP contribution >= 0.6 is 0 Å².